The van der Waals surface area contributed by atoms with Crippen LogP contribution in [-0.4, -0.2) is 10.0 Å². The Balaban J connectivity index is 1.80. The van der Waals surface area contributed by atoms with Crippen LogP contribution in [0.15, 0.2) is 12.1 Å². The zero-order valence-corrected chi connectivity index (χ0v) is 12.3. The lowest BCUT2D eigenvalue weighted by Gasteiger charge is -2.57. The Morgan fingerprint density at radius 2 is 1.67 bits per heavy atom. The summed E-state index contributed by atoms with van der Waals surface area (Å²) in [6.07, 6.45) is 7.53. The minimum absolute atomic E-state index is 0.0287. The largest absolute Gasteiger partial charge is 0.507 e. The maximum atomic E-state index is 11.0. The third kappa shape index (κ3) is 1.88. The molecule has 4 nitrogen and oxygen atoms in total. The highest BCUT2D eigenvalue weighted by Crippen LogP contribution is 2.62. The van der Waals surface area contributed by atoms with Crippen LogP contribution in [0.4, 0.5) is 5.69 Å². The van der Waals surface area contributed by atoms with Gasteiger partial charge in [0.25, 0.3) is 5.69 Å². The van der Waals surface area contributed by atoms with E-state index >= 15 is 0 Å². The number of nitro groups is 1. The predicted molar refractivity (Wildman–Crippen MR) is 79.3 cm³/mol. The number of aryl methyl sites for hydroxylation is 1. The minimum atomic E-state index is -0.404. The maximum absolute atomic E-state index is 11.0. The number of phenolic OH excluding ortho intramolecular Hbond substituents is 1. The van der Waals surface area contributed by atoms with Crippen molar-refractivity contribution in [2.75, 3.05) is 0 Å². The Labute approximate surface area is 124 Å². The average molecular weight is 287 g/mol. The number of hydrogen-bond donors (Lipinski definition) is 1. The molecule has 0 spiro atoms. The van der Waals surface area contributed by atoms with E-state index in [0.29, 0.717) is 5.56 Å². The van der Waals surface area contributed by atoms with Gasteiger partial charge in [0.1, 0.15) is 5.75 Å². The Morgan fingerprint density at radius 1 is 1.14 bits per heavy atom. The second-order valence-corrected chi connectivity index (χ2v) is 7.61. The van der Waals surface area contributed by atoms with E-state index in [2.05, 4.69) is 0 Å². The highest BCUT2D eigenvalue weighted by Gasteiger charge is 2.52. The second kappa shape index (κ2) is 4.21. The zero-order valence-electron chi connectivity index (χ0n) is 12.3. The normalized spacial score (nSPS) is 36.9. The van der Waals surface area contributed by atoms with E-state index in [0.717, 1.165) is 42.6 Å². The quantitative estimate of drug-likeness (QED) is 0.658. The van der Waals surface area contributed by atoms with E-state index in [1.165, 1.54) is 25.3 Å². The number of hydrogen-bond acceptors (Lipinski definition) is 3. The average Bonchev–Trinajstić information content (AvgIpc) is 2.39. The smallest absolute Gasteiger partial charge is 0.276 e. The first kappa shape index (κ1) is 13.1. The molecule has 112 valence electrons. The Bertz CT molecular complexity index is 587. The number of phenols is 1. The van der Waals surface area contributed by atoms with E-state index in [-0.39, 0.29) is 16.9 Å². The van der Waals surface area contributed by atoms with Crippen molar-refractivity contribution in [2.45, 2.75) is 50.9 Å². The van der Waals surface area contributed by atoms with Gasteiger partial charge in [-0.15, -0.1) is 0 Å². The van der Waals surface area contributed by atoms with Crippen molar-refractivity contribution >= 4 is 5.69 Å². The van der Waals surface area contributed by atoms with Crippen LogP contribution < -0.4 is 0 Å². The first-order valence-corrected chi connectivity index (χ1v) is 7.95. The number of benzene rings is 1. The highest BCUT2D eigenvalue weighted by molar-refractivity contribution is 5.52. The second-order valence-electron chi connectivity index (χ2n) is 7.61. The van der Waals surface area contributed by atoms with Gasteiger partial charge in [-0.1, -0.05) is 0 Å². The summed E-state index contributed by atoms with van der Waals surface area (Å²) in [7, 11) is 0. The maximum Gasteiger partial charge on any atom is 0.276 e. The minimum Gasteiger partial charge on any atom is -0.507 e. The summed E-state index contributed by atoms with van der Waals surface area (Å²) in [5.41, 5.74) is 1.76. The number of nitrogens with zero attached hydrogens (tertiary/aromatic N) is 1. The van der Waals surface area contributed by atoms with Crippen molar-refractivity contribution < 1.29 is 10.0 Å². The lowest BCUT2D eigenvalue weighted by molar-refractivity contribution is -0.385. The molecule has 1 aromatic carbocycles. The van der Waals surface area contributed by atoms with Crippen molar-refractivity contribution in [2.24, 2.45) is 17.8 Å². The molecule has 4 fully saturated rings. The fraction of sp³-hybridized carbons (Fsp3) is 0.647. The van der Waals surface area contributed by atoms with Gasteiger partial charge in [-0.2, -0.15) is 0 Å². The molecule has 1 aromatic rings. The fourth-order valence-electron chi connectivity index (χ4n) is 5.75. The molecular formula is C17H21NO3. The number of rotatable bonds is 2. The molecule has 4 saturated carbocycles. The van der Waals surface area contributed by atoms with Crippen molar-refractivity contribution in [3.8, 4) is 5.75 Å². The van der Waals surface area contributed by atoms with Crippen LogP contribution in [0.3, 0.4) is 0 Å². The topological polar surface area (TPSA) is 63.4 Å². The van der Waals surface area contributed by atoms with Crippen LogP contribution in [0.2, 0.25) is 0 Å². The van der Waals surface area contributed by atoms with Gasteiger partial charge in [-0.3, -0.25) is 10.1 Å². The third-order valence-corrected chi connectivity index (χ3v) is 6.12. The van der Waals surface area contributed by atoms with Gasteiger partial charge in [0, 0.05) is 11.1 Å². The van der Waals surface area contributed by atoms with E-state index in [1.54, 1.807) is 6.92 Å². The molecule has 0 saturated heterocycles. The summed E-state index contributed by atoms with van der Waals surface area (Å²) in [6.45, 7) is 1.78. The summed E-state index contributed by atoms with van der Waals surface area (Å²) >= 11 is 0. The molecule has 0 aliphatic heterocycles. The van der Waals surface area contributed by atoms with Crippen LogP contribution in [-0.2, 0) is 5.41 Å². The standard InChI is InChI=1S/C17H21NO3/c1-10-2-14(16(19)6-15(10)18(20)21)17-7-11-3-12(8-17)5-13(4-11)9-17/h2,6,11-13,19H,3-5,7-9H2,1H3. The van der Waals surface area contributed by atoms with Gasteiger partial charge in [0.2, 0.25) is 0 Å². The molecule has 0 aromatic heterocycles. The molecule has 0 amide bonds. The molecule has 4 aliphatic carbocycles. The van der Waals surface area contributed by atoms with Crippen LogP contribution >= 0.6 is 0 Å². The molecule has 1 N–H and O–H groups in total. The lowest BCUT2D eigenvalue weighted by atomic mass is 9.48. The first-order valence-electron chi connectivity index (χ1n) is 7.95. The van der Waals surface area contributed by atoms with Crippen LogP contribution in [0, 0.1) is 34.8 Å². The molecule has 21 heavy (non-hydrogen) atoms. The van der Waals surface area contributed by atoms with E-state index in [1.807, 2.05) is 6.07 Å². The Morgan fingerprint density at radius 3 is 2.14 bits per heavy atom. The van der Waals surface area contributed by atoms with Crippen molar-refractivity contribution in [3.05, 3.63) is 33.4 Å². The molecule has 0 radical (unpaired) electrons. The first-order chi connectivity index (χ1) is 9.97. The Kier molecular flexibility index (Phi) is 2.63. The van der Waals surface area contributed by atoms with E-state index in [9.17, 15) is 15.2 Å². The van der Waals surface area contributed by atoms with Crippen LogP contribution in [0.25, 0.3) is 0 Å². The van der Waals surface area contributed by atoms with Gasteiger partial charge < -0.3 is 5.11 Å². The molecule has 0 atom stereocenters. The third-order valence-electron chi connectivity index (χ3n) is 6.12. The summed E-state index contributed by atoms with van der Waals surface area (Å²) in [5, 5.41) is 21.4. The highest BCUT2D eigenvalue weighted by atomic mass is 16.6. The summed E-state index contributed by atoms with van der Waals surface area (Å²) in [4.78, 5) is 10.6. The van der Waals surface area contributed by atoms with Crippen molar-refractivity contribution in [1.29, 1.82) is 0 Å². The molecule has 0 heterocycles. The zero-order chi connectivity index (χ0) is 14.8. The van der Waals surface area contributed by atoms with Crippen molar-refractivity contribution in [3.63, 3.8) is 0 Å². The molecular weight excluding hydrogens is 266 g/mol. The lowest BCUT2D eigenvalue weighted by Crippen LogP contribution is -2.48. The van der Waals surface area contributed by atoms with Gasteiger partial charge in [0.15, 0.2) is 0 Å². The summed E-state index contributed by atoms with van der Waals surface area (Å²) < 4.78 is 0. The van der Waals surface area contributed by atoms with Gasteiger partial charge in [-0.25, -0.2) is 0 Å². The fourth-order valence-corrected chi connectivity index (χ4v) is 5.75. The molecule has 5 rings (SSSR count). The van der Waals surface area contributed by atoms with Gasteiger partial charge in [0.05, 0.1) is 11.0 Å². The molecule has 4 aliphatic rings. The monoisotopic (exact) mass is 287 g/mol. The van der Waals surface area contributed by atoms with Gasteiger partial charge in [-0.05, 0) is 74.7 Å². The van der Waals surface area contributed by atoms with E-state index in [4.69, 9.17) is 0 Å². The summed E-state index contributed by atoms with van der Waals surface area (Å²) in [6, 6.07) is 3.25. The van der Waals surface area contributed by atoms with Crippen LogP contribution in [0.1, 0.15) is 49.7 Å². The van der Waals surface area contributed by atoms with Gasteiger partial charge >= 0.3 is 0 Å². The molecule has 0 unspecified atom stereocenters. The van der Waals surface area contributed by atoms with Crippen LogP contribution in [0.5, 0.6) is 5.75 Å². The predicted octanol–water partition coefficient (Wildman–Crippen LogP) is 4.08. The molecule has 4 bridgehead atoms. The number of aromatic hydroxyl groups is 1. The SMILES string of the molecule is Cc1cc(C23CC4CC(CC(C4)C2)C3)c(O)cc1[N+](=O)[O-]. The van der Waals surface area contributed by atoms with E-state index < -0.39 is 4.92 Å². The number of nitro benzene ring substituents is 1. The van der Waals surface area contributed by atoms with Crippen molar-refractivity contribution in [1.82, 2.24) is 0 Å². The summed E-state index contributed by atoms with van der Waals surface area (Å²) in [5.74, 6) is 2.53. The molecule has 4 heteroatoms. The Hall–Kier alpha value is -1.58.